The zero-order chi connectivity index (χ0) is 16.1. The Morgan fingerprint density at radius 3 is 1.27 bits per heavy atom. The van der Waals surface area contributed by atoms with Crippen LogP contribution in [0.15, 0.2) is 12.2 Å². The number of hydrogen-bond acceptors (Lipinski definition) is 0. The van der Waals surface area contributed by atoms with Crippen molar-refractivity contribution in [1.29, 1.82) is 0 Å². The number of rotatable bonds is 18. The number of unbranched alkanes of at least 4 members (excludes halogenated alkanes) is 16. The Balaban J connectivity index is 2.97. The van der Waals surface area contributed by atoms with E-state index in [2.05, 4.69) is 26.0 Å². The fourth-order valence-corrected chi connectivity index (χ4v) is 2.96. The lowest BCUT2D eigenvalue weighted by atomic mass is 10.0. The summed E-state index contributed by atoms with van der Waals surface area (Å²) in [6, 6.07) is 0. The van der Waals surface area contributed by atoms with Gasteiger partial charge in [-0.05, 0) is 19.3 Å². The molecule has 0 amide bonds. The van der Waals surface area contributed by atoms with Gasteiger partial charge in [-0.2, -0.15) is 0 Å². The van der Waals surface area contributed by atoms with Crippen LogP contribution in [0, 0.1) is 6.92 Å². The van der Waals surface area contributed by atoms with E-state index in [1.54, 1.807) is 0 Å². The first-order chi connectivity index (χ1) is 10.9. The summed E-state index contributed by atoms with van der Waals surface area (Å²) in [4.78, 5) is 0. The van der Waals surface area contributed by atoms with Crippen molar-refractivity contribution in [2.75, 3.05) is 0 Å². The van der Waals surface area contributed by atoms with Crippen LogP contribution < -0.4 is 0 Å². The third-order valence-corrected chi connectivity index (χ3v) is 4.49. The second-order valence-electron chi connectivity index (χ2n) is 6.85. The van der Waals surface area contributed by atoms with Crippen LogP contribution in [0.25, 0.3) is 0 Å². The monoisotopic (exact) mass is 307 g/mol. The highest BCUT2D eigenvalue weighted by molar-refractivity contribution is 4.80. The van der Waals surface area contributed by atoms with E-state index in [9.17, 15) is 0 Å². The second-order valence-corrected chi connectivity index (χ2v) is 6.85. The molecule has 22 heavy (non-hydrogen) atoms. The molecule has 0 atom stereocenters. The highest BCUT2D eigenvalue weighted by Crippen LogP contribution is 2.13. The lowest BCUT2D eigenvalue weighted by molar-refractivity contribution is 0.534. The van der Waals surface area contributed by atoms with E-state index >= 15 is 0 Å². The van der Waals surface area contributed by atoms with Gasteiger partial charge < -0.3 is 0 Å². The first-order valence-corrected chi connectivity index (χ1v) is 10.4. The minimum atomic E-state index is 1.12. The third-order valence-electron chi connectivity index (χ3n) is 4.49. The molecule has 0 aliphatic heterocycles. The Hall–Kier alpha value is -0.260. The molecule has 0 aromatic carbocycles. The van der Waals surface area contributed by atoms with Gasteiger partial charge in [0.2, 0.25) is 0 Å². The van der Waals surface area contributed by atoms with Gasteiger partial charge in [-0.25, -0.2) is 0 Å². The normalized spacial score (nSPS) is 11.5. The van der Waals surface area contributed by atoms with E-state index in [0.717, 1.165) is 6.42 Å². The number of allylic oxidation sites excluding steroid dienone is 2. The highest BCUT2D eigenvalue weighted by atomic mass is 14.0. The molecule has 0 rings (SSSR count). The van der Waals surface area contributed by atoms with Gasteiger partial charge in [0.05, 0.1) is 0 Å². The molecule has 0 unspecified atom stereocenters. The molecule has 131 valence electrons. The average molecular weight is 308 g/mol. The van der Waals surface area contributed by atoms with Crippen molar-refractivity contribution >= 4 is 0 Å². The minimum absolute atomic E-state index is 1.12. The van der Waals surface area contributed by atoms with Gasteiger partial charge in [0.1, 0.15) is 0 Å². The maximum atomic E-state index is 3.90. The molecule has 0 heteroatoms. The molecule has 0 fully saturated rings. The van der Waals surface area contributed by atoms with Crippen LogP contribution in [0.4, 0.5) is 0 Å². The molecule has 1 radical (unpaired) electrons. The summed E-state index contributed by atoms with van der Waals surface area (Å²) < 4.78 is 0. The summed E-state index contributed by atoms with van der Waals surface area (Å²) in [6.07, 6.45) is 29.9. The average Bonchev–Trinajstić information content (AvgIpc) is 2.54. The van der Waals surface area contributed by atoms with E-state index in [0.29, 0.717) is 0 Å². The van der Waals surface area contributed by atoms with Crippen LogP contribution in [-0.4, -0.2) is 0 Å². The maximum Gasteiger partial charge on any atom is -0.0351 e. The first-order valence-electron chi connectivity index (χ1n) is 10.4. The van der Waals surface area contributed by atoms with E-state index in [4.69, 9.17) is 0 Å². The first kappa shape index (κ1) is 21.7. The van der Waals surface area contributed by atoms with Gasteiger partial charge in [0.25, 0.3) is 0 Å². The minimum Gasteiger partial charge on any atom is -0.0885 e. The molecular weight excluding hydrogens is 264 g/mol. The van der Waals surface area contributed by atoms with Crippen LogP contribution in [-0.2, 0) is 0 Å². The van der Waals surface area contributed by atoms with E-state index in [1.165, 1.54) is 109 Å². The molecule has 0 nitrogen and oxygen atoms in total. The van der Waals surface area contributed by atoms with Crippen molar-refractivity contribution in [1.82, 2.24) is 0 Å². The molecule has 0 saturated carbocycles. The predicted molar refractivity (Wildman–Crippen MR) is 103 cm³/mol. The Bertz CT molecular complexity index is 204. The van der Waals surface area contributed by atoms with E-state index in [1.807, 2.05) is 0 Å². The SMILES string of the molecule is [CH2]CCCCCCCCCCCCCCCCC=CCCC. The Morgan fingerprint density at radius 2 is 0.864 bits per heavy atom. The van der Waals surface area contributed by atoms with Crippen molar-refractivity contribution < 1.29 is 0 Å². The predicted octanol–water partition coefficient (Wildman–Crippen LogP) is 8.42. The topological polar surface area (TPSA) is 0 Å². The molecule has 0 heterocycles. The molecule has 0 N–H and O–H groups in total. The largest absolute Gasteiger partial charge is 0.0885 e. The van der Waals surface area contributed by atoms with Crippen molar-refractivity contribution in [2.24, 2.45) is 0 Å². The fourth-order valence-electron chi connectivity index (χ4n) is 2.96. The van der Waals surface area contributed by atoms with Crippen LogP contribution in [0.5, 0.6) is 0 Å². The molecule has 0 spiro atoms. The Labute approximate surface area is 142 Å². The van der Waals surface area contributed by atoms with Gasteiger partial charge in [-0.1, -0.05) is 122 Å². The molecule has 0 aliphatic rings. The second kappa shape index (κ2) is 20.7. The smallest absolute Gasteiger partial charge is 0.0351 e. The van der Waals surface area contributed by atoms with Crippen molar-refractivity contribution in [2.45, 2.75) is 122 Å². The summed E-state index contributed by atoms with van der Waals surface area (Å²) in [7, 11) is 0. The van der Waals surface area contributed by atoms with Gasteiger partial charge in [0.15, 0.2) is 0 Å². The molecule has 0 bridgehead atoms. The molecule has 0 aromatic heterocycles. The molecule has 0 aromatic rings. The van der Waals surface area contributed by atoms with Gasteiger partial charge >= 0.3 is 0 Å². The van der Waals surface area contributed by atoms with Gasteiger partial charge in [0, 0.05) is 0 Å². The van der Waals surface area contributed by atoms with Crippen LogP contribution in [0.1, 0.15) is 122 Å². The fraction of sp³-hybridized carbons (Fsp3) is 0.864. The summed E-state index contributed by atoms with van der Waals surface area (Å²) >= 11 is 0. The summed E-state index contributed by atoms with van der Waals surface area (Å²) in [5.74, 6) is 0. The summed E-state index contributed by atoms with van der Waals surface area (Å²) in [6.45, 7) is 6.14. The standard InChI is InChI=1S/C22H43/c1-3-5-7-9-11-13-15-17-19-21-22-20-18-16-14-12-10-8-6-4-2/h8,10H,1,3-7,9,11-22H2,2H3. The van der Waals surface area contributed by atoms with Gasteiger partial charge in [-0.3, -0.25) is 0 Å². The maximum absolute atomic E-state index is 3.90. The zero-order valence-corrected chi connectivity index (χ0v) is 15.6. The van der Waals surface area contributed by atoms with E-state index in [-0.39, 0.29) is 0 Å². The zero-order valence-electron chi connectivity index (χ0n) is 15.6. The summed E-state index contributed by atoms with van der Waals surface area (Å²) in [5, 5.41) is 0. The lowest BCUT2D eigenvalue weighted by Gasteiger charge is -2.03. The van der Waals surface area contributed by atoms with Crippen molar-refractivity contribution in [3.63, 3.8) is 0 Å². The van der Waals surface area contributed by atoms with Crippen LogP contribution >= 0.6 is 0 Å². The van der Waals surface area contributed by atoms with Crippen molar-refractivity contribution in [3.05, 3.63) is 19.1 Å². The third kappa shape index (κ3) is 19.7. The van der Waals surface area contributed by atoms with Gasteiger partial charge in [-0.15, -0.1) is 0 Å². The molecule has 0 saturated heterocycles. The van der Waals surface area contributed by atoms with Crippen LogP contribution in [0.3, 0.4) is 0 Å². The molecular formula is C22H43. The summed E-state index contributed by atoms with van der Waals surface area (Å²) in [5.41, 5.74) is 0. The highest BCUT2D eigenvalue weighted by Gasteiger charge is 1.94. The Kier molecular flexibility index (Phi) is 20.5. The quantitative estimate of drug-likeness (QED) is 0.176. The van der Waals surface area contributed by atoms with E-state index < -0.39 is 0 Å². The van der Waals surface area contributed by atoms with Crippen LogP contribution in [0.2, 0.25) is 0 Å². The lowest BCUT2D eigenvalue weighted by Crippen LogP contribution is -1.83. The Morgan fingerprint density at radius 1 is 0.500 bits per heavy atom. The number of hydrogen-bond donors (Lipinski definition) is 0. The molecule has 0 aliphatic carbocycles. The van der Waals surface area contributed by atoms with Crippen molar-refractivity contribution in [3.8, 4) is 0 Å².